The van der Waals surface area contributed by atoms with Gasteiger partial charge in [-0.25, -0.2) is 0 Å². The van der Waals surface area contributed by atoms with E-state index in [1.54, 1.807) is 30.3 Å². The van der Waals surface area contributed by atoms with Gasteiger partial charge in [0.05, 0.1) is 9.83 Å². The number of nitrogens with zero attached hydrogens (tertiary/aromatic N) is 2. The zero-order valence-electron chi connectivity index (χ0n) is 15.7. The van der Waals surface area contributed by atoms with Gasteiger partial charge in [-0.3, -0.25) is 24.6 Å². The molecule has 0 atom stereocenters. The number of thioether (sulfide) groups is 1. The minimum atomic E-state index is -0.463. The molecule has 2 aromatic rings. The number of hydrogen-bond donors (Lipinski definition) is 0. The Labute approximate surface area is 171 Å². The van der Waals surface area contributed by atoms with Crippen molar-refractivity contribution in [1.82, 2.24) is 4.90 Å². The number of rotatable bonds is 5. The molecule has 8 heteroatoms. The topological polar surface area (TPSA) is 93.7 Å². The number of carbonyl (C=O) groups excluding carboxylic acids is 2. The Balaban J connectivity index is 1.50. The summed E-state index contributed by atoms with van der Waals surface area (Å²) in [5, 5.41) is 10.7. The Bertz CT molecular complexity index is 990. The van der Waals surface area contributed by atoms with E-state index in [4.69, 9.17) is 4.42 Å². The zero-order valence-corrected chi connectivity index (χ0v) is 16.5. The number of non-ortho nitro benzene ring substituents is 1. The Morgan fingerprint density at radius 1 is 1.17 bits per heavy atom. The maximum atomic E-state index is 12.7. The number of carbonyl (C=O) groups is 2. The summed E-state index contributed by atoms with van der Waals surface area (Å²) in [7, 11) is 0. The van der Waals surface area contributed by atoms with Crippen LogP contribution in [0, 0.1) is 16.0 Å². The van der Waals surface area contributed by atoms with Gasteiger partial charge in [0.2, 0.25) is 0 Å². The van der Waals surface area contributed by atoms with Crippen LogP contribution in [-0.2, 0) is 4.79 Å². The maximum absolute atomic E-state index is 12.7. The molecule has 29 heavy (non-hydrogen) atoms. The Morgan fingerprint density at radius 2 is 1.97 bits per heavy atom. The number of furan rings is 1. The summed E-state index contributed by atoms with van der Waals surface area (Å²) in [5.41, 5.74) is 0.550. The minimum Gasteiger partial charge on any atom is -0.457 e. The van der Waals surface area contributed by atoms with E-state index in [1.807, 2.05) is 0 Å². The lowest BCUT2D eigenvalue weighted by molar-refractivity contribution is -0.384. The van der Waals surface area contributed by atoms with E-state index in [2.05, 4.69) is 0 Å². The summed E-state index contributed by atoms with van der Waals surface area (Å²) in [6.07, 6.45) is 7.22. The molecule has 1 aromatic heterocycles. The molecule has 2 amide bonds. The van der Waals surface area contributed by atoms with Crippen molar-refractivity contribution < 1.29 is 18.9 Å². The van der Waals surface area contributed by atoms with E-state index >= 15 is 0 Å². The van der Waals surface area contributed by atoms with Gasteiger partial charge >= 0.3 is 0 Å². The maximum Gasteiger partial charge on any atom is 0.293 e. The van der Waals surface area contributed by atoms with E-state index in [1.165, 1.54) is 23.5 Å². The number of nitro groups is 1. The van der Waals surface area contributed by atoms with E-state index in [-0.39, 0.29) is 16.8 Å². The molecule has 0 radical (unpaired) electrons. The van der Waals surface area contributed by atoms with Crippen LogP contribution < -0.4 is 0 Å². The number of amides is 2. The average Bonchev–Trinajstić information content (AvgIpc) is 3.29. The highest BCUT2D eigenvalue weighted by molar-refractivity contribution is 8.18. The first-order valence-electron chi connectivity index (χ1n) is 9.61. The second-order valence-electron chi connectivity index (χ2n) is 7.31. The van der Waals surface area contributed by atoms with Crippen LogP contribution in [-0.4, -0.2) is 27.5 Å². The van der Waals surface area contributed by atoms with Gasteiger partial charge < -0.3 is 4.42 Å². The molecule has 150 valence electrons. The van der Waals surface area contributed by atoms with Crippen molar-refractivity contribution in [3.05, 3.63) is 57.2 Å². The van der Waals surface area contributed by atoms with Crippen LogP contribution in [0.5, 0.6) is 0 Å². The SMILES string of the molecule is O=C1S/C(=C/c2ccc(-c3cccc([N+](=O)[O-])c3)o2)C(=O)N1CC1CCCCC1. The van der Waals surface area contributed by atoms with Gasteiger partial charge in [-0.15, -0.1) is 0 Å². The summed E-state index contributed by atoms with van der Waals surface area (Å²) < 4.78 is 5.74. The normalized spacial score (nSPS) is 19.3. The highest BCUT2D eigenvalue weighted by atomic mass is 32.2. The third-order valence-corrected chi connectivity index (χ3v) is 6.19. The molecule has 2 aliphatic rings. The van der Waals surface area contributed by atoms with Crippen molar-refractivity contribution in [1.29, 1.82) is 0 Å². The standard InChI is InChI=1S/C21H20N2O5S/c24-20-19(29-21(25)22(20)13-14-5-2-1-3-6-14)12-17-9-10-18(28-17)15-7-4-8-16(11-15)23(26)27/h4,7-12,14H,1-3,5-6,13H2/b19-12+. The smallest absolute Gasteiger partial charge is 0.293 e. The number of imide groups is 1. The molecule has 7 nitrogen and oxygen atoms in total. The number of nitro benzene ring substituents is 1. The Hall–Kier alpha value is -2.87. The second kappa shape index (κ2) is 8.24. The summed E-state index contributed by atoms with van der Waals surface area (Å²) in [5.74, 6) is 0.996. The van der Waals surface area contributed by atoms with E-state index in [0.29, 0.717) is 34.5 Å². The third-order valence-electron chi connectivity index (χ3n) is 5.28. The second-order valence-corrected chi connectivity index (χ2v) is 8.30. The highest BCUT2D eigenvalue weighted by Gasteiger charge is 2.36. The van der Waals surface area contributed by atoms with Crippen LogP contribution in [0.3, 0.4) is 0 Å². The van der Waals surface area contributed by atoms with Gasteiger partial charge in [-0.2, -0.15) is 0 Å². The van der Waals surface area contributed by atoms with Crippen LogP contribution >= 0.6 is 11.8 Å². The van der Waals surface area contributed by atoms with Gasteiger partial charge in [0.25, 0.3) is 16.8 Å². The van der Waals surface area contributed by atoms with Gasteiger partial charge in [0, 0.05) is 30.3 Å². The van der Waals surface area contributed by atoms with Crippen molar-refractivity contribution in [3.63, 3.8) is 0 Å². The molecule has 4 rings (SSSR count). The summed E-state index contributed by atoms with van der Waals surface area (Å²) >= 11 is 0.926. The Kier molecular flexibility index (Phi) is 5.53. The largest absolute Gasteiger partial charge is 0.457 e. The molecule has 1 aliphatic heterocycles. The van der Waals surface area contributed by atoms with Crippen LogP contribution in [0.1, 0.15) is 37.9 Å². The van der Waals surface area contributed by atoms with Gasteiger partial charge in [-0.05, 0) is 42.7 Å². The van der Waals surface area contributed by atoms with E-state index < -0.39 is 4.92 Å². The molecule has 2 heterocycles. The van der Waals surface area contributed by atoms with Crippen LogP contribution in [0.2, 0.25) is 0 Å². The predicted octanol–water partition coefficient (Wildman–Crippen LogP) is 5.47. The lowest BCUT2D eigenvalue weighted by atomic mass is 9.89. The predicted molar refractivity (Wildman–Crippen MR) is 110 cm³/mol. The van der Waals surface area contributed by atoms with E-state index in [9.17, 15) is 19.7 Å². The molecular formula is C21H20N2O5S. The van der Waals surface area contributed by atoms with Crippen molar-refractivity contribution in [2.75, 3.05) is 6.54 Å². The van der Waals surface area contributed by atoms with Gasteiger partial charge in [0.15, 0.2) is 0 Å². The fourth-order valence-electron chi connectivity index (χ4n) is 3.77. The molecule has 1 aliphatic carbocycles. The molecule has 1 aromatic carbocycles. The fraction of sp³-hybridized carbons (Fsp3) is 0.333. The summed E-state index contributed by atoms with van der Waals surface area (Å²) in [4.78, 5) is 37.2. The number of hydrogen-bond acceptors (Lipinski definition) is 6. The van der Waals surface area contributed by atoms with E-state index in [0.717, 1.165) is 37.4 Å². The molecule has 0 spiro atoms. The highest BCUT2D eigenvalue weighted by Crippen LogP contribution is 2.35. The summed E-state index contributed by atoms with van der Waals surface area (Å²) in [6, 6.07) is 9.52. The Morgan fingerprint density at radius 3 is 2.72 bits per heavy atom. The summed E-state index contributed by atoms with van der Waals surface area (Å²) in [6.45, 7) is 0.485. The fourth-order valence-corrected chi connectivity index (χ4v) is 4.60. The van der Waals surface area contributed by atoms with Gasteiger partial charge in [-0.1, -0.05) is 31.4 Å². The number of benzene rings is 1. The molecule has 1 saturated carbocycles. The first kappa shape index (κ1) is 19.4. The first-order chi connectivity index (χ1) is 14.0. The monoisotopic (exact) mass is 412 g/mol. The molecular weight excluding hydrogens is 392 g/mol. The van der Waals surface area contributed by atoms with Gasteiger partial charge in [0.1, 0.15) is 11.5 Å². The minimum absolute atomic E-state index is 0.0238. The van der Waals surface area contributed by atoms with Crippen LogP contribution in [0.15, 0.2) is 45.7 Å². The molecule has 0 bridgehead atoms. The quantitative estimate of drug-likeness (QED) is 0.367. The van der Waals surface area contributed by atoms with Crippen molar-refractivity contribution >= 4 is 34.7 Å². The van der Waals surface area contributed by atoms with Crippen molar-refractivity contribution in [2.24, 2.45) is 5.92 Å². The molecule has 0 unspecified atom stereocenters. The molecule has 1 saturated heterocycles. The van der Waals surface area contributed by atoms with Crippen LogP contribution in [0.25, 0.3) is 17.4 Å². The zero-order chi connectivity index (χ0) is 20.4. The lowest BCUT2D eigenvalue weighted by Gasteiger charge is -2.25. The van der Waals surface area contributed by atoms with Crippen LogP contribution in [0.4, 0.5) is 10.5 Å². The molecule has 0 N–H and O–H groups in total. The first-order valence-corrected chi connectivity index (χ1v) is 10.4. The van der Waals surface area contributed by atoms with Crippen molar-refractivity contribution in [3.8, 4) is 11.3 Å². The lowest BCUT2D eigenvalue weighted by Crippen LogP contribution is -2.34. The average molecular weight is 412 g/mol. The third kappa shape index (κ3) is 4.27. The molecule has 2 fully saturated rings. The van der Waals surface area contributed by atoms with Crippen molar-refractivity contribution in [2.45, 2.75) is 32.1 Å².